The molecule has 0 amide bonds. The van der Waals surface area contributed by atoms with Crippen molar-refractivity contribution >= 4 is 0 Å². The molecule has 2 N–H and O–H groups in total. The van der Waals surface area contributed by atoms with E-state index in [-0.39, 0.29) is 6.04 Å². The predicted molar refractivity (Wildman–Crippen MR) is 58.2 cm³/mol. The van der Waals surface area contributed by atoms with Crippen LogP contribution in [0.4, 0.5) is 13.2 Å². The summed E-state index contributed by atoms with van der Waals surface area (Å²) in [6.07, 6.45) is -1.04. The summed E-state index contributed by atoms with van der Waals surface area (Å²) < 4.78 is 37.7. The molecule has 5 heteroatoms. The van der Waals surface area contributed by atoms with Crippen LogP contribution in [0, 0.1) is 0 Å². The first-order chi connectivity index (χ1) is 7.38. The van der Waals surface area contributed by atoms with E-state index in [1.807, 2.05) is 13.8 Å². The molecular weight excluding hydrogens is 217 g/mol. The molecule has 0 spiro atoms. The molecule has 0 bridgehead atoms. The van der Waals surface area contributed by atoms with E-state index >= 15 is 0 Å². The van der Waals surface area contributed by atoms with Crippen LogP contribution >= 0.6 is 0 Å². The van der Waals surface area contributed by atoms with Crippen LogP contribution in [0.15, 0.2) is 0 Å². The number of hydrogen-bond donors (Lipinski definition) is 1. The molecule has 1 rings (SSSR count). The number of rotatable bonds is 6. The van der Waals surface area contributed by atoms with Gasteiger partial charge in [0.2, 0.25) is 0 Å². The van der Waals surface area contributed by atoms with E-state index in [0.717, 1.165) is 12.8 Å². The predicted octanol–water partition coefficient (Wildman–Crippen LogP) is 2.53. The fourth-order valence-corrected chi connectivity index (χ4v) is 2.33. The van der Waals surface area contributed by atoms with E-state index in [0.29, 0.717) is 19.4 Å². The summed E-state index contributed by atoms with van der Waals surface area (Å²) in [4.78, 5) is 1.59. The highest BCUT2D eigenvalue weighted by Crippen LogP contribution is 2.38. The number of nitrogens with two attached hydrogens (primary N) is 1. The third-order valence-corrected chi connectivity index (χ3v) is 3.64. The van der Waals surface area contributed by atoms with Crippen LogP contribution in [-0.2, 0) is 0 Å². The second kappa shape index (κ2) is 4.92. The topological polar surface area (TPSA) is 29.3 Å². The Morgan fingerprint density at radius 1 is 1.19 bits per heavy atom. The van der Waals surface area contributed by atoms with Crippen molar-refractivity contribution in [2.75, 3.05) is 13.1 Å². The van der Waals surface area contributed by atoms with Crippen LogP contribution < -0.4 is 5.73 Å². The first kappa shape index (κ1) is 13.8. The second-order valence-corrected chi connectivity index (χ2v) is 4.61. The van der Waals surface area contributed by atoms with Gasteiger partial charge in [-0.1, -0.05) is 13.8 Å². The minimum atomic E-state index is -4.13. The molecule has 1 saturated carbocycles. The summed E-state index contributed by atoms with van der Waals surface area (Å²) in [5.74, 6) is 0. The number of alkyl halides is 3. The maximum absolute atomic E-state index is 12.6. The normalized spacial score (nSPS) is 18.2. The average Bonchev–Trinajstić information content (AvgIpc) is 3.01. The molecule has 0 aromatic rings. The molecule has 0 heterocycles. The molecule has 0 aromatic carbocycles. The first-order valence-electron chi connectivity index (χ1n) is 5.92. The van der Waals surface area contributed by atoms with Gasteiger partial charge in [0.15, 0.2) is 0 Å². The van der Waals surface area contributed by atoms with Gasteiger partial charge in [0, 0.05) is 18.1 Å². The van der Waals surface area contributed by atoms with Gasteiger partial charge in [-0.2, -0.15) is 13.2 Å². The molecule has 0 aliphatic heterocycles. The van der Waals surface area contributed by atoms with Gasteiger partial charge >= 0.3 is 6.18 Å². The van der Waals surface area contributed by atoms with Crippen molar-refractivity contribution in [1.82, 2.24) is 4.90 Å². The Kier molecular flexibility index (Phi) is 4.23. The molecule has 0 unspecified atom stereocenters. The lowest BCUT2D eigenvalue weighted by Crippen LogP contribution is -2.56. The van der Waals surface area contributed by atoms with Crippen LogP contribution in [0.1, 0.15) is 39.5 Å². The van der Waals surface area contributed by atoms with Crippen LogP contribution in [0.5, 0.6) is 0 Å². The highest BCUT2D eigenvalue weighted by atomic mass is 19.4. The summed E-state index contributed by atoms with van der Waals surface area (Å²) in [6, 6.07) is 0.0880. The van der Waals surface area contributed by atoms with Gasteiger partial charge in [-0.3, -0.25) is 4.90 Å². The third kappa shape index (κ3) is 3.10. The molecule has 0 saturated heterocycles. The van der Waals surface area contributed by atoms with Crippen molar-refractivity contribution in [1.29, 1.82) is 0 Å². The van der Waals surface area contributed by atoms with E-state index in [2.05, 4.69) is 0 Å². The second-order valence-electron chi connectivity index (χ2n) is 4.61. The quantitative estimate of drug-likeness (QED) is 0.770. The number of halogens is 3. The SMILES string of the molecule is CCC(CC)(CN)N(CC(F)(F)F)C1CC1. The molecule has 0 aromatic heterocycles. The van der Waals surface area contributed by atoms with Crippen molar-refractivity contribution < 1.29 is 13.2 Å². The molecule has 2 nitrogen and oxygen atoms in total. The van der Waals surface area contributed by atoms with E-state index in [4.69, 9.17) is 5.73 Å². The van der Waals surface area contributed by atoms with Crippen molar-refractivity contribution in [2.45, 2.75) is 57.3 Å². The maximum atomic E-state index is 12.6. The van der Waals surface area contributed by atoms with Crippen molar-refractivity contribution in [2.24, 2.45) is 5.73 Å². The van der Waals surface area contributed by atoms with Gasteiger partial charge in [-0.25, -0.2) is 0 Å². The third-order valence-electron chi connectivity index (χ3n) is 3.64. The van der Waals surface area contributed by atoms with E-state index in [1.54, 1.807) is 4.90 Å². The Hall–Kier alpha value is -0.290. The average molecular weight is 238 g/mol. The van der Waals surface area contributed by atoms with Crippen LogP contribution in [-0.4, -0.2) is 35.7 Å². The molecule has 1 fully saturated rings. The summed E-state index contributed by atoms with van der Waals surface area (Å²) >= 11 is 0. The van der Waals surface area contributed by atoms with E-state index < -0.39 is 18.3 Å². The molecule has 0 atom stereocenters. The molecular formula is C11H21F3N2. The molecule has 1 aliphatic rings. The number of nitrogens with zero attached hydrogens (tertiary/aromatic N) is 1. The lowest BCUT2D eigenvalue weighted by atomic mass is 9.90. The minimum Gasteiger partial charge on any atom is -0.329 e. The van der Waals surface area contributed by atoms with E-state index in [1.165, 1.54) is 0 Å². The Labute approximate surface area is 95.0 Å². The zero-order valence-corrected chi connectivity index (χ0v) is 9.98. The zero-order valence-electron chi connectivity index (χ0n) is 9.98. The van der Waals surface area contributed by atoms with Crippen LogP contribution in [0.25, 0.3) is 0 Å². The summed E-state index contributed by atoms with van der Waals surface area (Å²) in [5.41, 5.74) is 5.23. The maximum Gasteiger partial charge on any atom is 0.401 e. The van der Waals surface area contributed by atoms with Gasteiger partial charge in [-0.15, -0.1) is 0 Å². The first-order valence-corrected chi connectivity index (χ1v) is 5.92. The summed E-state index contributed by atoms with van der Waals surface area (Å²) in [5, 5.41) is 0. The monoisotopic (exact) mass is 238 g/mol. The Bertz CT molecular complexity index is 211. The lowest BCUT2D eigenvalue weighted by molar-refractivity contribution is -0.161. The van der Waals surface area contributed by atoms with Crippen LogP contribution in [0.3, 0.4) is 0 Å². The zero-order chi connectivity index (χ0) is 12.4. The fraction of sp³-hybridized carbons (Fsp3) is 1.00. The van der Waals surface area contributed by atoms with Gasteiger partial charge in [0.1, 0.15) is 0 Å². The molecule has 96 valence electrons. The van der Waals surface area contributed by atoms with Gasteiger partial charge in [-0.05, 0) is 25.7 Å². The van der Waals surface area contributed by atoms with Crippen molar-refractivity contribution in [3.8, 4) is 0 Å². The molecule has 16 heavy (non-hydrogen) atoms. The summed E-state index contributed by atoms with van der Waals surface area (Å²) in [6.45, 7) is 3.31. The smallest absolute Gasteiger partial charge is 0.329 e. The lowest BCUT2D eigenvalue weighted by Gasteiger charge is -2.43. The van der Waals surface area contributed by atoms with Gasteiger partial charge in [0.25, 0.3) is 0 Å². The minimum absolute atomic E-state index is 0.0880. The fourth-order valence-electron chi connectivity index (χ4n) is 2.33. The Morgan fingerprint density at radius 2 is 1.69 bits per heavy atom. The number of hydrogen-bond acceptors (Lipinski definition) is 2. The van der Waals surface area contributed by atoms with Crippen molar-refractivity contribution in [3.63, 3.8) is 0 Å². The van der Waals surface area contributed by atoms with E-state index in [9.17, 15) is 13.2 Å². The van der Waals surface area contributed by atoms with Crippen LogP contribution in [0.2, 0.25) is 0 Å². The van der Waals surface area contributed by atoms with Gasteiger partial charge in [0.05, 0.1) is 6.54 Å². The Balaban J connectivity index is 2.81. The Morgan fingerprint density at radius 3 is 1.94 bits per heavy atom. The van der Waals surface area contributed by atoms with Gasteiger partial charge < -0.3 is 5.73 Å². The molecule has 0 radical (unpaired) electrons. The summed E-state index contributed by atoms with van der Waals surface area (Å²) in [7, 11) is 0. The standard InChI is InChI=1S/C11H21F3N2/c1-3-10(4-2,7-15)16(9-5-6-9)8-11(12,13)14/h9H,3-8,15H2,1-2H3. The highest BCUT2D eigenvalue weighted by molar-refractivity contribution is 4.98. The van der Waals surface area contributed by atoms with Crippen molar-refractivity contribution in [3.05, 3.63) is 0 Å². The molecule has 1 aliphatic carbocycles. The largest absolute Gasteiger partial charge is 0.401 e. The highest BCUT2D eigenvalue weighted by Gasteiger charge is 2.46.